The summed E-state index contributed by atoms with van der Waals surface area (Å²) < 4.78 is 0. The molecule has 4 fully saturated rings. The van der Waals surface area contributed by atoms with E-state index >= 15 is 0 Å². The van der Waals surface area contributed by atoms with Gasteiger partial charge in [0.2, 0.25) is 0 Å². The van der Waals surface area contributed by atoms with Crippen LogP contribution in [0.5, 0.6) is 0 Å². The highest BCUT2D eigenvalue weighted by atomic mass is 79.9. The third-order valence-corrected chi connectivity index (χ3v) is 12.1. The summed E-state index contributed by atoms with van der Waals surface area (Å²) in [5, 5.41) is 8.91. The van der Waals surface area contributed by atoms with E-state index in [0.717, 1.165) is 24.3 Å². The average molecular weight is 570 g/mol. The molecule has 6 atom stereocenters. The topological polar surface area (TPSA) is 82.9 Å². The number of hydrazone groups is 2. The van der Waals surface area contributed by atoms with Gasteiger partial charge in [0.25, 0.3) is 11.8 Å². The molecule has 6 nitrogen and oxygen atoms in total. The number of amides is 2. The molecule has 0 spiro atoms. The second-order valence-electron chi connectivity index (χ2n) is 11.5. The first-order valence-electron chi connectivity index (χ1n) is 11.5. The summed E-state index contributed by atoms with van der Waals surface area (Å²) in [6.07, 6.45) is 6.90. The minimum Gasteiger partial charge on any atom is -0.268 e. The van der Waals surface area contributed by atoms with Gasteiger partial charge in [-0.2, -0.15) is 10.2 Å². The lowest BCUT2D eigenvalue weighted by molar-refractivity contribution is -0.118. The summed E-state index contributed by atoms with van der Waals surface area (Å²) in [6.45, 7) is 13.6. The van der Waals surface area contributed by atoms with E-state index in [1.165, 1.54) is 25.0 Å². The molecule has 0 radical (unpaired) electrons. The molecule has 2 N–H and O–H groups in total. The first kappa shape index (κ1) is 24.1. The molecule has 0 aromatic heterocycles. The van der Waals surface area contributed by atoms with Gasteiger partial charge in [0.1, 0.15) is 0 Å². The van der Waals surface area contributed by atoms with Gasteiger partial charge in [-0.15, -0.1) is 0 Å². The highest BCUT2D eigenvalue weighted by Crippen LogP contribution is 2.66. The maximum atomic E-state index is 12.3. The molecule has 4 rings (SSSR count). The molecule has 4 aliphatic rings. The average Bonchev–Trinajstić information content (AvgIpc) is 3.19. The van der Waals surface area contributed by atoms with Crippen LogP contribution in [0.15, 0.2) is 22.4 Å². The molecule has 2 amide bonds. The monoisotopic (exact) mass is 568 g/mol. The molecule has 0 saturated heterocycles. The molecule has 4 aliphatic carbocycles. The van der Waals surface area contributed by atoms with E-state index in [-0.39, 0.29) is 31.3 Å². The Kier molecular flexibility index (Phi) is 5.84. The second-order valence-corrected chi connectivity index (χ2v) is 13.5. The Morgan fingerprint density at radius 3 is 1.41 bits per heavy atom. The van der Waals surface area contributed by atoms with Gasteiger partial charge in [0.05, 0.1) is 21.1 Å². The molecule has 0 aliphatic heterocycles. The van der Waals surface area contributed by atoms with Crippen molar-refractivity contribution in [2.75, 3.05) is 0 Å². The number of fused-ring (bicyclic) bond motifs is 4. The summed E-state index contributed by atoms with van der Waals surface area (Å²) in [5.41, 5.74) is 7.41. The molecule has 6 unspecified atom stereocenters. The number of rotatable bonds is 4. The largest absolute Gasteiger partial charge is 0.268 e. The Labute approximate surface area is 207 Å². The van der Waals surface area contributed by atoms with E-state index < -0.39 is 11.8 Å². The Morgan fingerprint density at radius 1 is 0.781 bits per heavy atom. The van der Waals surface area contributed by atoms with E-state index in [2.05, 4.69) is 94.5 Å². The van der Waals surface area contributed by atoms with Gasteiger partial charge in [-0.25, -0.2) is 10.9 Å². The van der Waals surface area contributed by atoms with Crippen molar-refractivity contribution in [3.05, 3.63) is 12.2 Å². The van der Waals surface area contributed by atoms with Crippen molar-refractivity contribution in [2.45, 2.75) is 76.9 Å². The van der Waals surface area contributed by atoms with Crippen LogP contribution in [-0.2, 0) is 9.59 Å². The predicted molar refractivity (Wildman–Crippen MR) is 135 cm³/mol. The smallest absolute Gasteiger partial charge is 0.264 e. The van der Waals surface area contributed by atoms with Gasteiger partial charge in [-0.1, -0.05) is 73.4 Å². The molecule has 32 heavy (non-hydrogen) atoms. The Bertz CT molecular complexity index is 866. The lowest BCUT2D eigenvalue weighted by Crippen LogP contribution is -2.36. The predicted octanol–water partition coefficient (Wildman–Crippen LogP) is 4.93. The quantitative estimate of drug-likeness (QED) is 0.286. The number of halogens is 2. The molecule has 0 heterocycles. The van der Waals surface area contributed by atoms with Crippen LogP contribution in [0.2, 0.25) is 0 Å². The summed E-state index contributed by atoms with van der Waals surface area (Å²) in [7, 11) is 0. The van der Waals surface area contributed by atoms with Gasteiger partial charge in [0.15, 0.2) is 0 Å². The van der Waals surface area contributed by atoms with Gasteiger partial charge in [-0.3, -0.25) is 9.59 Å². The Morgan fingerprint density at radius 2 is 1.12 bits per heavy atom. The lowest BCUT2D eigenvalue weighted by atomic mass is 9.70. The van der Waals surface area contributed by atoms with Crippen molar-refractivity contribution in [1.82, 2.24) is 10.9 Å². The van der Waals surface area contributed by atoms with Crippen LogP contribution in [0.1, 0.15) is 67.2 Å². The Balaban J connectivity index is 1.37. The normalized spacial score (nSPS) is 43.5. The fraction of sp³-hybridized carbons (Fsp3) is 0.750. The van der Waals surface area contributed by atoms with Crippen LogP contribution in [0, 0.1) is 33.5 Å². The van der Waals surface area contributed by atoms with Crippen LogP contribution < -0.4 is 10.9 Å². The van der Waals surface area contributed by atoms with Crippen molar-refractivity contribution in [1.29, 1.82) is 0 Å². The lowest BCUT2D eigenvalue weighted by Gasteiger charge is -2.34. The van der Waals surface area contributed by atoms with Crippen molar-refractivity contribution in [2.24, 2.45) is 43.7 Å². The van der Waals surface area contributed by atoms with Crippen molar-refractivity contribution < 1.29 is 9.59 Å². The zero-order chi connectivity index (χ0) is 23.7. The summed E-state index contributed by atoms with van der Waals surface area (Å²) in [6, 6.07) is 0. The number of hydrogen-bond donors (Lipinski definition) is 2. The molecular weight excluding hydrogens is 536 g/mol. The van der Waals surface area contributed by atoms with Gasteiger partial charge >= 0.3 is 0 Å². The molecule has 4 saturated carbocycles. The number of carbonyl (C=O) groups excluding carboxylic acids is 2. The first-order chi connectivity index (χ1) is 14.8. The van der Waals surface area contributed by atoms with Gasteiger partial charge in [0, 0.05) is 23.0 Å². The molecule has 0 aromatic rings. The SMILES string of the molecule is CC12CCC(C(Br)C1=NNC(=O)C=CC(=O)NN=C1C(Br)C3CCC1(C)C3(C)C)C2(C)C. The standard InChI is InChI=1S/C24H34Br2N4O2/c1-21(2)13-9-11-23(21,5)19(17(13)25)29-27-15(31)7-8-16(32)28-30-20-18(26)14-10-12-24(20,6)22(14,3)4/h7-8,13-14,17-18H,9-12H2,1-6H3,(H,27,31)(H,28,32). The maximum Gasteiger partial charge on any atom is 0.264 e. The summed E-state index contributed by atoms with van der Waals surface area (Å²) in [5.74, 6) is 0.185. The second kappa shape index (κ2) is 7.76. The molecule has 4 bridgehead atoms. The number of alkyl halides is 2. The van der Waals surface area contributed by atoms with E-state index in [9.17, 15) is 9.59 Å². The molecule has 8 heteroatoms. The molecular formula is C24H34Br2N4O2. The van der Waals surface area contributed by atoms with Gasteiger partial charge < -0.3 is 0 Å². The minimum atomic E-state index is -0.421. The van der Waals surface area contributed by atoms with E-state index in [4.69, 9.17) is 0 Å². The Hall–Kier alpha value is -1.02. The molecule has 176 valence electrons. The third kappa shape index (κ3) is 3.22. The summed E-state index contributed by atoms with van der Waals surface area (Å²) >= 11 is 7.57. The fourth-order valence-corrected chi connectivity index (χ4v) is 9.90. The fourth-order valence-electron chi connectivity index (χ4n) is 6.83. The maximum absolute atomic E-state index is 12.3. The van der Waals surface area contributed by atoms with Crippen LogP contribution in [0.25, 0.3) is 0 Å². The zero-order valence-electron chi connectivity index (χ0n) is 19.8. The van der Waals surface area contributed by atoms with E-state index in [1.807, 2.05) is 0 Å². The zero-order valence-corrected chi connectivity index (χ0v) is 22.9. The summed E-state index contributed by atoms with van der Waals surface area (Å²) in [4.78, 5) is 24.9. The van der Waals surface area contributed by atoms with Crippen LogP contribution >= 0.6 is 31.9 Å². The first-order valence-corrected chi connectivity index (χ1v) is 13.3. The minimum absolute atomic E-state index is 0.0346. The van der Waals surface area contributed by atoms with E-state index in [0.29, 0.717) is 11.8 Å². The van der Waals surface area contributed by atoms with Crippen LogP contribution in [0.3, 0.4) is 0 Å². The number of nitrogens with one attached hydrogen (secondary N) is 2. The van der Waals surface area contributed by atoms with Crippen LogP contribution in [0.4, 0.5) is 0 Å². The van der Waals surface area contributed by atoms with Gasteiger partial charge in [-0.05, 0) is 48.3 Å². The number of hydrogen-bond acceptors (Lipinski definition) is 4. The molecule has 0 aromatic carbocycles. The van der Waals surface area contributed by atoms with Crippen molar-refractivity contribution in [3.63, 3.8) is 0 Å². The number of carbonyl (C=O) groups is 2. The van der Waals surface area contributed by atoms with Crippen LogP contribution in [-0.4, -0.2) is 32.9 Å². The van der Waals surface area contributed by atoms with Crippen molar-refractivity contribution in [3.8, 4) is 0 Å². The highest BCUT2D eigenvalue weighted by molar-refractivity contribution is 9.10. The highest BCUT2D eigenvalue weighted by Gasteiger charge is 2.65. The van der Waals surface area contributed by atoms with Crippen molar-refractivity contribution >= 4 is 55.1 Å². The third-order valence-electron chi connectivity index (χ3n) is 9.93. The number of nitrogens with zero attached hydrogens (tertiary/aromatic N) is 2. The van der Waals surface area contributed by atoms with E-state index in [1.54, 1.807) is 0 Å².